The molecule has 0 fully saturated rings. The van der Waals surface area contributed by atoms with Crippen LogP contribution < -0.4 is 5.73 Å². The first kappa shape index (κ1) is 55.7. The van der Waals surface area contributed by atoms with E-state index in [1.54, 1.807) is 0 Å². The summed E-state index contributed by atoms with van der Waals surface area (Å²) >= 11 is 0. The van der Waals surface area contributed by atoms with Gasteiger partial charge in [0.05, 0.1) is 13.2 Å². The zero-order valence-corrected chi connectivity index (χ0v) is 37.6. The number of phosphoric ester groups is 1. The van der Waals surface area contributed by atoms with Crippen LogP contribution in [0.5, 0.6) is 0 Å². The van der Waals surface area contributed by atoms with Gasteiger partial charge in [0.15, 0.2) is 6.10 Å². The molecule has 0 amide bonds. The highest BCUT2D eigenvalue weighted by molar-refractivity contribution is 7.47. The molecular weight excluding hydrogens is 762 g/mol. The molecule has 0 aromatic rings. The lowest BCUT2D eigenvalue weighted by molar-refractivity contribution is -0.161. The molecule has 59 heavy (non-hydrogen) atoms. The number of nitrogens with two attached hydrogens (primary N) is 1. The standard InChI is InChI=1S/C49H80NO8P/c1-3-5-7-9-11-13-15-17-19-21-23-25-27-29-31-33-35-37-39-41-48(51)55-45-47(46-57-59(53,54)56-44-43-50)58-49(52)42-40-38-36-34-32-30-28-26-24-22-20-18-16-14-12-10-8-6-4-2/h11-14,17-20,23-26,29-32,36,38,47H,3-10,15-16,21-22,27-28,33-35,37,39-46,50H2,1-2H3,(H,53,54)/t47-/m1/s1. The second-order valence-electron chi connectivity index (χ2n) is 14.2. The molecule has 0 saturated carbocycles. The van der Waals surface area contributed by atoms with Crippen LogP contribution in [0, 0.1) is 0 Å². The van der Waals surface area contributed by atoms with Gasteiger partial charge in [0.1, 0.15) is 6.61 Å². The summed E-state index contributed by atoms with van der Waals surface area (Å²) in [6, 6.07) is 0. The van der Waals surface area contributed by atoms with Gasteiger partial charge in [-0.05, 0) is 96.3 Å². The summed E-state index contributed by atoms with van der Waals surface area (Å²) in [5, 5.41) is 0. The Balaban J connectivity index is 4.36. The summed E-state index contributed by atoms with van der Waals surface area (Å²) in [7, 11) is -4.41. The highest BCUT2D eigenvalue weighted by atomic mass is 31.2. The van der Waals surface area contributed by atoms with Gasteiger partial charge < -0.3 is 20.1 Å². The molecule has 0 spiro atoms. The highest BCUT2D eigenvalue weighted by Crippen LogP contribution is 2.43. The van der Waals surface area contributed by atoms with E-state index in [4.69, 9.17) is 24.3 Å². The second-order valence-corrected chi connectivity index (χ2v) is 15.7. The summed E-state index contributed by atoms with van der Waals surface area (Å²) in [4.78, 5) is 34.9. The van der Waals surface area contributed by atoms with Crippen LogP contribution in [0.25, 0.3) is 0 Å². The first-order valence-corrected chi connectivity index (χ1v) is 23.9. The Morgan fingerprint density at radius 3 is 1.34 bits per heavy atom. The molecule has 0 aliphatic carbocycles. The molecule has 3 N–H and O–H groups in total. The van der Waals surface area contributed by atoms with Crippen molar-refractivity contribution in [1.82, 2.24) is 0 Å². The summed E-state index contributed by atoms with van der Waals surface area (Å²) < 4.78 is 32.7. The Morgan fingerprint density at radius 1 is 0.508 bits per heavy atom. The number of rotatable bonds is 40. The molecule has 0 saturated heterocycles. The quantitative estimate of drug-likeness (QED) is 0.0267. The number of hydrogen-bond donors (Lipinski definition) is 2. The lowest BCUT2D eigenvalue weighted by atomic mass is 10.1. The average molecular weight is 842 g/mol. The number of unbranched alkanes of at least 4 members (excludes halogenated alkanes) is 9. The van der Waals surface area contributed by atoms with Crippen LogP contribution in [0.4, 0.5) is 0 Å². The maximum atomic E-state index is 12.6. The molecule has 334 valence electrons. The van der Waals surface area contributed by atoms with Gasteiger partial charge in [-0.3, -0.25) is 18.6 Å². The topological polar surface area (TPSA) is 134 Å². The maximum Gasteiger partial charge on any atom is 0.472 e. The highest BCUT2D eigenvalue weighted by Gasteiger charge is 2.25. The molecule has 0 aliphatic heterocycles. The molecule has 10 heteroatoms. The molecule has 0 bridgehead atoms. The summed E-state index contributed by atoms with van der Waals surface area (Å²) in [5.74, 6) is -0.973. The van der Waals surface area contributed by atoms with Crippen LogP contribution in [0.2, 0.25) is 0 Å². The van der Waals surface area contributed by atoms with E-state index in [2.05, 4.69) is 111 Å². The van der Waals surface area contributed by atoms with Crippen molar-refractivity contribution < 1.29 is 37.6 Å². The fourth-order valence-electron chi connectivity index (χ4n) is 5.30. The first-order valence-electron chi connectivity index (χ1n) is 22.4. The number of carbonyl (C=O) groups excluding carboxylic acids is 2. The minimum atomic E-state index is -4.41. The molecular formula is C49H80NO8P. The van der Waals surface area contributed by atoms with Crippen molar-refractivity contribution in [1.29, 1.82) is 0 Å². The Labute approximate surface area is 359 Å². The monoisotopic (exact) mass is 842 g/mol. The van der Waals surface area contributed by atoms with Crippen molar-refractivity contribution in [2.75, 3.05) is 26.4 Å². The van der Waals surface area contributed by atoms with E-state index in [-0.39, 0.29) is 32.6 Å². The average Bonchev–Trinajstić information content (AvgIpc) is 3.22. The number of carbonyl (C=O) groups is 2. The maximum absolute atomic E-state index is 12.6. The Bertz CT molecular complexity index is 1330. The van der Waals surface area contributed by atoms with E-state index in [9.17, 15) is 19.0 Å². The molecule has 0 rings (SSSR count). The molecule has 9 nitrogen and oxygen atoms in total. The predicted molar refractivity (Wildman–Crippen MR) is 247 cm³/mol. The van der Waals surface area contributed by atoms with E-state index in [1.165, 1.54) is 51.4 Å². The number of allylic oxidation sites excluding steroid dienone is 18. The van der Waals surface area contributed by atoms with E-state index in [0.717, 1.165) is 64.2 Å². The van der Waals surface area contributed by atoms with Crippen molar-refractivity contribution in [3.05, 3.63) is 109 Å². The molecule has 0 heterocycles. The SMILES string of the molecule is CCCCCC=CCC=CCC=CCC=CCC=CCCC(=O)O[C@H](COC(=O)CCCCCC=CCC=CCC=CCC=CCCCCC)COP(=O)(O)OCCN. The molecule has 2 atom stereocenters. The van der Waals surface area contributed by atoms with Gasteiger partial charge in [0.2, 0.25) is 0 Å². The number of ether oxygens (including phenoxy) is 2. The fraction of sp³-hybridized carbons (Fsp3) is 0.592. The van der Waals surface area contributed by atoms with Gasteiger partial charge in [-0.1, -0.05) is 155 Å². The minimum absolute atomic E-state index is 0.0312. The number of esters is 2. The third-order valence-electron chi connectivity index (χ3n) is 8.64. The van der Waals surface area contributed by atoms with Crippen LogP contribution in [0.3, 0.4) is 0 Å². The van der Waals surface area contributed by atoms with Gasteiger partial charge in [-0.2, -0.15) is 0 Å². The molecule has 0 aromatic carbocycles. The van der Waals surface area contributed by atoms with Crippen molar-refractivity contribution in [3.8, 4) is 0 Å². The van der Waals surface area contributed by atoms with Crippen molar-refractivity contribution >= 4 is 19.8 Å². The molecule has 0 radical (unpaired) electrons. The van der Waals surface area contributed by atoms with Crippen LogP contribution in [-0.2, 0) is 32.7 Å². The van der Waals surface area contributed by atoms with Crippen LogP contribution in [-0.4, -0.2) is 49.3 Å². The van der Waals surface area contributed by atoms with Gasteiger partial charge in [-0.25, -0.2) is 4.57 Å². The Kier molecular flexibility index (Phi) is 41.7. The largest absolute Gasteiger partial charge is 0.472 e. The molecule has 1 unspecified atom stereocenters. The van der Waals surface area contributed by atoms with Crippen LogP contribution in [0.1, 0.15) is 155 Å². The van der Waals surface area contributed by atoms with E-state index in [1.807, 2.05) is 12.2 Å². The smallest absolute Gasteiger partial charge is 0.462 e. The normalized spacial score (nSPS) is 14.3. The minimum Gasteiger partial charge on any atom is -0.462 e. The first-order chi connectivity index (χ1) is 28.8. The van der Waals surface area contributed by atoms with Crippen molar-refractivity contribution in [2.24, 2.45) is 5.73 Å². The predicted octanol–water partition coefficient (Wildman–Crippen LogP) is 13.2. The Hall–Kier alpha value is -3.33. The number of hydrogen-bond acceptors (Lipinski definition) is 8. The second kappa shape index (κ2) is 44.2. The lowest BCUT2D eigenvalue weighted by Gasteiger charge is -2.19. The van der Waals surface area contributed by atoms with Gasteiger partial charge in [0, 0.05) is 19.4 Å². The fourth-order valence-corrected chi connectivity index (χ4v) is 6.07. The summed E-state index contributed by atoms with van der Waals surface area (Å²) in [6.07, 6.45) is 58.5. The molecule has 0 aliphatic rings. The van der Waals surface area contributed by atoms with Crippen LogP contribution >= 0.6 is 7.82 Å². The zero-order valence-electron chi connectivity index (χ0n) is 36.7. The van der Waals surface area contributed by atoms with Gasteiger partial charge >= 0.3 is 19.8 Å². The third kappa shape index (κ3) is 44.1. The van der Waals surface area contributed by atoms with E-state index < -0.39 is 32.5 Å². The van der Waals surface area contributed by atoms with Gasteiger partial charge in [0.25, 0.3) is 0 Å². The van der Waals surface area contributed by atoms with Crippen LogP contribution in [0.15, 0.2) is 109 Å². The summed E-state index contributed by atoms with van der Waals surface area (Å²) in [6.45, 7) is 3.53. The summed E-state index contributed by atoms with van der Waals surface area (Å²) in [5.41, 5.74) is 5.34. The van der Waals surface area contributed by atoms with E-state index in [0.29, 0.717) is 12.8 Å². The van der Waals surface area contributed by atoms with Crippen molar-refractivity contribution in [2.45, 2.75) is 161 Å². The number of phosphoric acid groups is 1. The van der Waals surface area contributed by atoms with Crippen molar-refractivity contribution in [3.63, 3.8) is 0 Å². The zero-order chi connectivity index (χ0) is 43.2. The Morgan fingerprint density at radius 2 is 0.915 bits per heavy atom. The molecule has 0 aromatic heterocycles. The third-order valence-corrected chi connectivity index (χ3v) is 9.63. The van der Waals surface area contributed by atoms with Gasteiger partial charge in [-0.15, -0.1) is 0 Å². The lowest BCUT2D eigenvalue weighted by Crippen LogP contribution is -2.29. The van der Waals surface area contributed by atoms with E-state index >= 15 is 0 Å².